The summed E-state index contributed by atoms with van der Waals surface area (Å²) in [5.74, 6) is 0.814. The molecule has 1 N–H and O–H groups in total. The second-order valence-corrected chi connectivity index (χ2v) is 6.39. The Morgan fingerprint density at radius 1 is 1.04 bits per heavy atom. The van der Waals surface area contributed by atoms with E-state index in [1.807, 2.05) is 54.6 Å². The van der Waals surface area contributed by atoms with Crippen LogP contribution in [-0.4, -0.2) is 11.4 Å². The van der Waals surface area contributed by atoms with Crippen LogP contribution in [0.2, 0.25) is 0 Å². The summed E-state index contributed by atoms with van der Waals surface area (Å²) < 4.78 is 5.70. The first-order valence-electron chi connectivity index (χ1n) is 8.09. The standard InChI is InChI=1S/C20H25NO2/c1-4-14-20(2,3)21-19(22)17-12-10-16(11-13-17)15-23-18-8-6-5-7-9-18/h5-13H,4,14-15H2,1-3H3,(H,21,22). The largest absolute Gasteiger partial charge is 0.489 e. The highest BCUT2D eigenvalue weighted by Gasteiger charge is 2.19. The lowest BCUT2D eigenvalue weighted by molar-refractivity contribution is 0.0909. The molecule has 2 aromatic rings. The van der Waals surface area contributed by atoms with Gasteiger partial charge in [0, 0.05) is 11.1 Å². The molecule has 2 aromatic carbocycles. The van der Waals surface area contributed by atoms with Crippen molar-refractivity contribution in [2.24, 2.45) is 0 Å². The number of para-hydroxylation sites is 1. The van der Waals surface area contributed by atoms with Crippen LogP contribution in [0.5, 0.6) is 5.75 Å². The Balaban J connectivity index is 1.92. The summed E-state index contributed by atoms with van der Waals surface area (Å²) in [5.41, 5.74) is 1.54. The molecule has 122 valence electrons. The van der Waals surface area contributed by atoms with Gasteiger partial charge in [-0.2, -0.15) is 0 Å². The van der Waals surface area contributed by atoms with Crippen LogP contribution in [0, 0.1) is 0 Å². The van der Waals surface area contributed by atoms with Gasteiger partial charge in [0.05, 0.1) is 0 Å². The quantitative estimate of drug-likeness (QED) is 0.813. The molecule has 0 atom stereocenters. The molecule has 1 amide bonds. The second-order valence-electron chi connectivity index (χ2n) is 6.39. The third kappa shape index (κ3) is 5.44. The first kappa shape index (κ1) is 17.1. The molecule has 0 saturated heterocycles. The van der Waals surface area contributed by atoms with E-state index in [0.29, 0.717) is 12.2 Å². The van der Waals surface area contributed by atoms with E-state index in [9.17, 15) is 4.79 Å². The molecule has 0 bridgehead atoms. The topological polar surface area (TPSA) is 38.3 Å². The zero-order valence-electron chi connectivity index (χ0n) is 14.1. The molecule has 23 heavy (non-hydrogen) atoms. The van der Waals surface area contributed by atoms with Gasteiger partial charge in [-0.1, -0.05) is 43.7 Å². The molecule has 0 saturated carbocycles. The minimum Gasteiger partial charge on any atom is -0.489 e. The summed E-state index contributed by atoms with van der Waals surface area (Å²) >= 11 is 0. The molecule has 0 aliphatic carbocycles. The number of benzene rings is 2. The van der Waals surface area contributed by atoms with Crippen LogP contribution in [0.15, 0.2) is 54.6 Å². The Kier molecular flexibility index (Phi) is 5.80. The van der Waals surface area contributed by atoms with Gasteiger partial charge in [0.15, 0.2) is 0 Å². The van der Waals surface area contributed by atoms with Crippen molar-refractivity contribution in [3.8, 4) is 5.75 Å². The Labute approximate surface area is 138 Å². The van der Waals surface area contributed by atoms with Gasteiger partial charge in [0.2, 0.25) is 0 Å². The molecule has 0 aliphatic heterocycles. The van der Waals surface area contributed by atoms with Gasteiger partial charge in [-0.05, 0) is 50.1 Å². The van der Waals surface area contributed by atoms with Crippen LogP contribution in [0.3, 0.4) is 0 Å². The highest BCUT2D eigenvalue weighted by molar-refractivity contribution is 5.94. The van der Waals surface area contributed by atoms with E-state index in [1.54, 1.807) is 0 Å². The molecule has 2 rings (SSSR count). The number of carbonyl (C=O) groups excluding carboxylic acids is 1. The van der Waals surface area contributed by atoms with Gasteiger partial charge in [0.1, 0.15) is 12.4 Å². The van der Waals surface area contributed by atoms with Gasteiger partial charge in [0.25, 0.3) is 5.91 Å². The predicted octanol–water partition coefficient (Wildman–Crippen LogP) is 4.57. The van der Waals surface area contributed by atoms with Crippen LogP contribution in [-0.2, 0) is 6.61 Å². The molecular formula is C20H25NO2. The fourth-order valence-electron chi connectivity index (χ4n) is 2.50. The number of hydrogen-bond acceptors (Lipinski definition) is 2. The highest BCUT2D eigenvalue weighted by atomic mass is 16.5. The summed E-state index contributed by atoms with van der Waals surface area (Å²) in [6, 6.07) is 17.3. The highest BCUT2D eigenvalue weighted by Crippen LogP contribution is 2.14. The van der Waals surface area contributed by atoms with E-state index >= 15 is 0 Å². The minimum atomic E-state index is -0.180. The number of hydrogen-bond donors (Lipinski definition) is 1. The number of nitrogens with one attached hydrogen (secondary N) is 1. The number of carbonyl (C=O) groups is 1. The SMILES string of the molecule is CCCC(C)(C)NC(=O)c1ccc(COc2ccccc2)cc1. The van der Waals surface area contributed by atoms with E-state index in [-0.39, 0.29) is 11.4 Å². The number of ether oxygens (including phenoxy) is 1. The van der Waals surface area contributed by atoms with Gasteiger partial charge < -0.3 is 10.1 Å². The van der Waals surface area contributed by atoms with Crippen LogP contribution >= 0.6 is 0 Å². The van der Waals surface area contributed by atoms with Crippen LogP contribution in [0.4, 0.5) is 0 Å². The van der Waals surface area contributed by atoms with Crippen molar-refractivity contribution in [3.05, 3.63) is 65.7 Å². The average molecular weight is 311 g/mol. The first-order valence-corrected chi connectivity index (χ1v) is 8.09. The lowest BCUT2D eigenvalue weighted by atomic mass is 9.98. The smallest absolute Gasteiger partial charge is 0.251 e. The molecule has 3 nitrogen and oxygen atoms in total. The van der Waals surface area contributed by atoms with Gasteiger partial charge in [-0.3, -0.25) is 4.79 Å². The Hall–Kier alpha value is -2.29. The summed E-state index contributed by atoms with van der Waals surface area (Å²) in [6.45, 7) is 6.72. The van der Waals surface area contributed by atoms with Crippen molar-refractivity contribution in [2.75, 3.05) is 0 Å². The van der Waals surface area contributed by atoms with E-state index in [2.05, 4.69) is 26.1 Å². The Morgan fingerprint density at radius 2 is 1.70 bits per heavy atom. The molecule has 0 unspecified atom stereocenters. The van der Waals surface area contributed by atoms with Gasteiger partial charge in [-0.25, -0.2) is 0 Å². The van der Waals surface area contributed by atoms with E-state index in [1.165, 1.54) is 0 Å². The van der Waals surface area contributed by atoms with Crippen LogP contribution in [0.1, 0.15) is 49.5 Å². The van der Waals surface area contributed by atoms with Crippen molar-refractivity contribution < 1.29 is 9.53 Å². The van der Waals surface area contributed by atoms with E-state index in [4.69, 9.17) is 4.74 Å². The van der Waals surface area contributed by atoms with E-state index < -0.39 is 0 Å². The summed E-state index contributed by atoms with van der Waals surface area (Å²) in [5, 5.41) is 3.08. The van der Waals surface area contributed by atoms with Crippen molar-refractivity contribution in [2.45, 2.75) is 45.8 Å². The fraction of sp³-hybridized carbons (Fsp3) is 0.350. The molecule has 0 aromatic heterocycles. The zero-order chi connectivity index (χ0) is 16.7. The lowest BCUT2D eigenvalue weighted by Gasteiger charge is -2.25. The molecule has 3 heteroatoms. The lowest BCUT2D eigenvalue weighted by Crippen LogP contribution is -2.43. The maximum Gasteiger partial charge on any atom is 0.251 e. The fourth-order valence-corrected chi connectivity index (χ4v) is 2.50. The molecule has 0 heterocycles. The minimum absolute atomic E-state index is 0.0287. The summed E-state index contributed by atoms with van der Waals surface area (Å²) in [6.07, 6.45) is 2.00. The molecular weight excluding hydrogens is 286 g/mol. The maximum atomic E-state index is 12.3. The zero-order valence-corrected chi connectivity index (χ0v) is 14.1. The van der Waals surface area contributed by atoms with E-state index in [0.717, 1.165) is 24.2 Å². The summed E-state index contributed by atoms with van der Waals surface area (Å²) in [4.78, 5) is 12.3. The van der Waals surface area contributed by atoms with Crippen molar-refractivity contribution in [1.29, 1.82) is 0 Å². The average Bonchev–Trinajstić information content (AvgIpc) is 2.54. The van der Waals surface area contributed by atoms with Crippen molar-refractivity contribution in [3.63, 3.8) is 0 Å². The number of rotatable bonds is 7. The van der Waals surface area contributed by atoms with Crippen molar-refractivity contribution >= 4 is 5.91 Å². The third-order valence-electron chi connectivity index (χ3n) is 3.69. The van der Waals surface area contributed by atoms with Gasteiger partial charge >= 0.3 is 0 Å². The molecule has 0 radical (unpaired) electrons. The Morgan fingerprint density at radius 3 is 2.30 bits per heavy atom. The third-order valence-corrected chi connectivity index (χ3v) is 3.69. The first-order chi connectivity index (χ1) is 11.0. The number of amides is 1. The molecule has 0 fully saturated rings. The normalized spacial score (nSPS) is 11.1. The monoisotopic (exact) mass is 311 g/mol. The van der Waals surface area contributed by atoms with Crippen LogP contribution < -0.4 is 10.1 Å². The maximum absolute atomic E-state index is 12.3. The van der Waals surface area contributed by atoms with Crippen LogP contribution in [0.25, 0.3) is 0 Å². The Bertz CT molecular complexity index is 618. The van der Waals surface area contributed by atoms with Gasteiger partial charge in [-0.15, -0.1) is 0 Å². The summed E-state index contributed by atoms with van der Waals surface area (Å²) in [7, 11) is 0. The molecule has 0 spiro atoms. The second kappa shape index (κ2) is 7.82. The van der Waals surface area contributed by atoms with Crippen molar-refractivity contribution in [1.82, 2.24) is 5.32 Å². The molecule has 0 aliphatic rings. The predicted molar refractivity (Wildman–Crippen MR) is 93.7 cm³/mol.